The van der Waals surface area contributed by atoms with Gasteiger partial charge in [-0.15, -0.1) is 0 Å². The molecule has 56 heavy (non-hydrogen) atoms. The Labute approximate surface area is 332 Å². The third-order valence-electron chi connectivity index (χ3n) is 8.21. The minimum atomic E-state index is -0.657. The lowest BCUT2D eigenvalue weighted by molar-refractivity contribution is -0.153. The van der Waals surface area contributed by atoms with Crippen LogP contribution in [0.5, 0.6) is 23.0 Å². The van der Waals surface area contributed by atoms with E-state index in [4.69, 9.17) is 37.9 Å². The van der Waals surface area contributed by atoms with Gasteiger partial charge in [-0.1, -0.05) is 94.5 Å². The second kappa shape index (κ2) is 27.9. The van der Waals surface area contributed by atoms with E-state index in [9.17, 15) is 9.59 Å². The molecule has 3 aromatic rings. The summed E-state index contributed by atoms with van der Waals surface area (Å²) >= 11 is 0. The molecule has 0 bridgehead atoms. The number of para-hydroxylation sites is 2. The van der Waals surface area contributed by atoms with Crippen LogP contribution in [0.3, 0.4) is 0 Å². The van der Waals surface area contributed by atoms with Crippen LogP contribution in [0.25, 0.3) is 0 Å². The van der Waals surface area contributed by atoms with Crippen LogP contribution < -0.4 is 18.9 Å². The Bertz CT molecular complexity index is 1470. The number of hydrogen-bond donors (Lipinski definition) is 0. The predicted octanol–water partition coefficient (Wildman–Crippen LogP) is 9.76. The van der Waals surface area contributed by atoms with Gasteiger partial charge in [0, 0.05) is 18.9 Å². The maximum Gasteiger partial charge on any atom is 0.306 e. The van der Waals surface area contributed by atoms with Gasteiger partial charge >= 0.3 is 11.9 Å². The number of hydrogen-bond acceptors (Lipinski definition) is 10. The number of carbonyl (C=O) groups excluding carboxylic acids is 2. The fourth-order valence-corrected chi connectivity index (χ4v) is 5.14. The molecule has 10 heteroatoms. The minimum Gasteiger partial charge on any atom is -0.494 e. The van der Waals surface area contributed by atoms with Gasteiger partial charge in [-0.2, -0.15) is 0 Å². The smallest absolute Gasteiger partial charge is 0.306 e. The molecule has 0 aliphatic rings. The normalized spacial score (nSPS) is 11.6. The minimum absolute atomic E-state index is 0.0643. The lowest BCUT2D eigenvalue weighted by Crippen LogP contribution is -2.31. The zero-order valence-corrected chi connectivity index (χ0v) is 32.6. The van der Waals surface area contributed by atoms with Crippen molar-refractivity contribution in [3.63, 3.8) is 0 Å². The second-order valence-corrected chi connectivity index (χ2v) is 12.9. The first kappa shape index (κ1) is 44.8. The number of benzene rings is 3. The lowest BCUT2D eigenvalue weighted by Gasteiger charge is -2.20. The van der Waals surface area contributed by atoms with E-state index >= 15 is 0 Å². The van der Waals surface area contributed by atoms with Crippen molar-refractivity contribution in [1.82, 2.24) is 0 Å². The van der Waals surface area contributed by atoms with Crippen molar-refractivity contribution in [3.05, 3.63) is 135 Å². The van der Waals surface area contributed by atoms with E-state index in [1.54, 1.807) is 36.4 Å². The number of rotatable bonds is 32. The van der Waals surface area contributed by atoms with Gasteiger partial charge in [0.15, 0.2) is 12.2 Å². The maximum atomic E-state index is 12.8. The van der Waals surface area contributed by atoms with E-state index in [0.29, 0.717) is 60.6 Å². The van der Waals surface area contributed by atoms with Crippen molar-refractivity contribution in [2.75, 3.05) is 39.6 Å². The highest BCUT2D eigenvalue weighted by atomic mass is 16.6. The molecule has 0 aromatic heterocycles. The molecule has 3 rings (SSSR count). The van der Waals surface area contributed by atoms with Crippen molar-refractivity contribution in [2.45, 2.75) is 76.4 Å². The van der Waals surface area contributed by atoms with Gasteiger partial charge in [-0.25, -0.2) is 0 Å². The molecule has 0 saturated carbocycles. The molecule has 0 aliphatic carbocycles. The van der Waals surface area contributed by atoms with Crippen molar-refractivity contribution in [1.29, 1.82) is 0 Å². The maximum absolute atomic E-state index is 12.8. The highest BCUT2D eigenvalue weighted by Crippen LogP contribution is 2.21. The number of esters is 2. The Morgan fingerprint density at radius 3 is 1.23 bits per heavy atom. The van der Waals surface area contributed by atoms with E-state index in [1.165, 1.54) is 0 Å². The van der Waals surface area contributed by atoms with Gasteiger partial charge in [-0.05, 0) is 74.2 Å². The molecule has 10 nitrogen and oxygen atoms in total. The number of allylic oxidation sites excluding steroid dienone is 2. The van der Waals surface area contributed by atoms with Gasteiger partial charge in [0.25, 0.3) is 0 Å². The Kier molecular flexibility index (Phi) is 22.3. The van der Waals surface area contributed by atoms with Crippen LogP contribution in [-0.2, 0) is 28.5 Å². The Morgan fingerprint density at radius 2 is 0.839 bits per heavy atom. The number of unbranched alkanes of at least 4 members (excludes halogenated alkanes) is 6. The summed E-state index contributed by atoms with van der Waals surface area (Å²) in [6.07, 6.45) is 9.14. The quantitative estimate of drug-likeness (QED) is 0.0264. The summed E-state index contributed by atoms with van der Waals surface area (Å²) in [6, 6.07) is 25.8. The molecule has 0 radical (unpaired) electrons. The van der Waals surface area contributed by atoms with Crippen molar-refractivity contribution in [2.24, 2.45) is 0 Å². The summed E-state index contributed by atoms with van der Waals surface area (Å²) in [5.41, 5.74) is 0. The Balaban J connectivity index is 1.50. The topological polar surface area (TPSA) is 108 Å². The fourth-order valence-electron chi connectivity index (χ4n) is 5.14. The standard InChI is InChI=1S/C46H58O10/c1-5-37(3)49-30-19-9-7-17-28-45(47)55-43(33-51-39-22-13-11-14-23-39)35-53-41-26-21-27-42(32-41)54-36-44(34-52-40-24-15-12-16-25-40)56-46(48)29-18-8-10-20-31-50-38(4)6-2/h5-6,11-16,21-27,32,43-44H,1-4,7-10,17-20,28-31,33-36H2. The molecule has 2 atom stereocenters. The zero-order chi connectivity index (χ0) is 40.1. The Morgan fingerprint density at radius 1 is 0.482 bits per heavy atom. The number of carbonyl (C=O) groups is 2. The van der Waals surface area contributed by atoms with Gasteiger partial charge < -0.3 is 37.9 Å². The fraction of sp³-hybridized carbons (Fsp3) is 0.391. The monoisotopic (exact) mass is 770 g/mol. The third-order valence-corrected chi connectivity index (χ3v) is 8.21. The molecule has 0 heterocycles. The van der Waals surface area contributed by atoms with E-state index in [1.807, 2.05) is 60.7 Å². The lowest BCUT2D eigenvalue weighted by atomic mass is 10.1. The molecular formula is C46H58O10. The zero-order valence-electron chi connectivity index (χ0n) is 32.6. The largest absolute Gasteiger partial charge is 0.494 e. The van der Waals surface area contributed by atoms with Crippen LogP contribution >= 0.6 is 0 Å². The summed E-state index contributed by atoms with van der Waals surface area (Å²) in [4.78, 5) is 25.6. The van der Waals surface area contributed by atoms with Crippen LogP contribution in [0.15, 0.2) is 135 Å². The Hall–Kier alpha value is -5.64. The van der Waals surface area contributed by atoms with Crippen molar-refractivity contribution >= 4 is 11.9 Å². The van der Waals surface area contributed by atoms with E-state index in [-0.39, 0.29) is 51.2 Å². The molecule has 0 fully saturated rings. The first-order valence-corrected chi connectivity index (χ1v) is 19.3. The molecule has 0 N–H and O–H groups in total. The first-order chi connectivity index (χ1) is 27.3. The third kappa shape index (κ3) is 20.7. The average Bonchev–Trinajstić information content (AvgIpc) is 3.22. The predicted molar refractivity (Wildman–Crippen MR) is 218 cm³/mol. The van der Waals surface area contributed by atoms with Gasteiger partial charge in [0.1, 0.15) is 60.9 Å². The molecule has 3 aromatic carbocycles. The molecule has 0 aliphatic heterocycles. The first-order valence-electron chi connectivity index (χ1n) is 19.3. The molecule has 2 unspecified atom stereocenters. The van der Waals surface area contributed by atoms with Crippen LogP contribution in [0.2, 0.25) is 0 Å². The van der Waals surface area contributed by atoms with Gasteiger partial charge in [0.05, 0.1) is 13.2 Å². The van der Waals surface area contributed by atoms with Gasteiger partial charge in [0.2, 0.25) is 0 Å². The highest BCUT2D eigenvalue weighted by molar-refractivity contribution is 5.69. The average molecular weight is 771 g/mol. The SMILES string of the molecule is C=CC(=C)OCCCCCCC(=O)OC(COc1ccccc1)COc1cccc(OCC(COc2ccccc2)OC(=O)CCCCCCOC(=C)C=C)c1. The molecular weight excluding hydrogens is 712 g/mol. The molecule has 0 spiro atoms. The number of ether oxygens (including phenoxy) is 8. The summed E-state index contributed by atoms with van der Waals surface area (Å²) in [6.45, 7) is 16.2. The van der Waals surface area contributed by atoms with Gasteiger partial charge in [-0.3, -0.25) is 9.59 Å². The van der Waals surface area contributed by atoms with Crippen LogP contribution in [0.4, 0.5) is 0 Å². The van der Waals surface area contributed by atoms with Crippen molar-refractivity contribution < 1.29 is 47.5 Å². The second-order valence-electron chi connectivity index (χ2n) is 12.9. The van der Waals surface area contributed by atoms with Crippen LogP contribution in [-0.4, -0.2) is 63.8 Å². The summed E-state index contributed by atoms with van der Waals surface area (Å²) in [5.74, 6) is 2.83. The van der Waals surface area contributed by atoms with Crippen LogP contribution in [0.1, 0.15) is 64.2 Å². The molecule has 0 amide bonds. The molecule has 0 saturated heterocycles. The summed E-state index contributed by atoms with van der Waals surface area (Å²) in [7, 11) is 0. The summed E-state index contributed by atoms with van der Waals surface area (Å²) in [5, 5.41) is 0. The molecule has 302 valence electrons. The highest BCUT2D eigenvalue weighted by Gasteiger charge is 2.19. The van der Waals surface area contributed by atoms with Crippen molar-refractivity contribution in [3.8, 4) is 23.0 Å². The van der Waals surface area contributed by atoms with Crippen LogP contribution in [0, 0.1) is 0 Å². The van der Waals surface area contributed by atoms with E-state index in [0.717, 1.165) is 38.5 Å². The summed E-state index contributed by atoms with van der Waals surface area (Å²) < 4.78 is 46.4. The van der Waals surface area contributed by atoms with E-state index < -0.39 is 12.2 Å². The van der Waals surface area contributed by atoms with E-state index in [2.05, 4.69) is 26.3 Å².